The van der Waals surface area contributed by atoms with Gasteiger partial charge in [-0.2, -0.15) is 0 Å². The van der Waals surface area contributed by atoms with E-state index in [-0.39, 0.29) is 11.1 Å². The SMILES string of the molecule is C=Cc1c(C(F)F)c(CF)c2ccc3cccc4ccc1c2c43. The van der Waals surface area contributed by atoms with Gasteiger partial charge in [-0.25, -0.2) is 13.2 Å². The van der Waals surface area contributed by atoms with Gasteiger partial charge in [0.05, 0.1) is 0 Å². The van der Waals surface area contributed by atoms with E-state index in [4.69, 9.17) is 0 Å². The van der Waals surface area contributed by atoms with Crippen molar-refractivity contribution in [3.63, 3.8) is 0 Å². The molecule has 23 heavy (non-hydrogen) atoms. The van der Waals surface area contributed by atoms with Gasteiger partial charge in [0, 0.05) is 11.1 Å². The molecule has 0 aliphatic carbocycles. The van der Waals surface area contributed by atoms with Crippen molar-refractivity contribution in [2.75, 3.05) is 0 Å². The third kappa shape index (κ3) is 1.79. The summed E-state index contributed by atoms with van der Waals surface area (Å²) >= 11 is 0. The van der Waals surface area contributed by atoms with Gasteiger partial charge in [0.15, 0.2) is 0 Å². The van der Waals surface area contributed by atoms with Crippen molar-refractivity contribution in [3.8, 4) is 0 Å². The van der Waals surface area contributed by atoms with Crippen LogP contribution in [0.3, 0.4) is 0 Å². The maximum Gasteiger partial charge on any atom is 0.264 e. The van der Waals surface area contributed by atoms with Crippen LogP contribution < -0.4 is 0 Å². The van der Waals surface area contributed by atoms with Crippen molar-refractivity contribution in [2.24, 2.45) is 0 Å². The van der Waals surface area contributed by atoms with Gasteiger partial charge < -0.3 is 0 Å². The molecule has 0 aromatic heterocycles. The van der Waals surface area contributed by atoms with Crippen molar-refractivity contribution < 1.29 is 13.2 Å². The van der Waals surface area contributed by atoms with Gasteiger partial charge in [-0.15, -0.1) is 0 Å². The second-order valence-electron chi connectivity index (χ2n) is 5.62. The zero-order chi connectivity index (χ0) is 16.1. The van der Waals surface area contributed by atoms with Crippen LogP contribution in [0, 0.1) is 0 Å². The van der Waals surface area contributed by atoms with Gasteiger partial charge in [0.2, 0.25) is 0 Å². The van der Waals surface area contributed by atoms with Gasteiger partial charge in [-0.3, -0.25) is 0 Å². The van der Waals surface area contributed by atoms with Crippen molar-refractivity contribution in [1.82, 2.24) is 0 Å². The first-order valence-corrected chi connectivity index (χ1v) is 7.36. The molecule has 4 aromatic carbocycles. The molecule has 0 bridgehead atoms. The van der Waals surface area contributed by atoms with Crippen molar-refractivity contribution in [1.29, 1.82) is 0 Å². The summed E-state index contributed by atoms with van der Waals surface area (Å²) in [4.78, 5) is 0. The molecular formula is C20H13F3. The van der Waals surface area contributed by atoms with Gasteiger partial charge in [-0.05, 0) is 37.9 Å². The molecule has 0 atom stereocenters. The predicted molar refractivity (Wildman–Crippen MR) is 90.0 cm³/mol. The fourth-order valence-electron chi connectivity index (χ4n) is 3.62. The van der Waals surface area contributed by atoms with E-state index in [1.165, 1.54) is 6.08 Å². The Bertz CT molecular complexity index is 1030. The number of hydrogen-bond acceptors (Lipinski definition) is 0. The number of benzene rings is 4. The lowest BCUT2D eigenvalue weighted by atomic mass is 9.86. The molecule has 0 aliphatic heterocycles. The Morgan fingerprint density at radius 3 is 2.13 bits per heavy atom. The lowest BCUT2D eigenvalue weighted by Crippen LogP contribution is -2.00. The van der Waals surface area contributed by atoms with Crippen LogP contribution in [-0.4, -0.2) is 0 Å². The molecule has 0 unspecified atom stereocenters. The fourth-order valence-corrected chi connectivity index (χ4v) is 3.62. The summed E-state index contributed by atoms with van der Waals surface area (Å²) < 4.78 is 40.9. The third-order valence-corrected chi connectivity index (χ3v) is 4.56. The highest BCUT2D eigenvalue weighted by molar-refractivity contribution is 6.25. The fraction of sp³-hybridized carbons (Fsp3) is 0.100. The van der Waals surface area contributed by atoms with Crippen LogP contribution in [0.2, 0.25) is 0 Å². The zero-order valence-corrected chi connectivity index (χ0v) is 12.2. The van der Waals surface area contributed by atoms with Crippen LogP contribution >= 0.6 is 0 Å². The highest BCUT2D eigenvalue weighted by Gasteiger charge is 2.23. The molecule has 0 spiro atoms. The number of hydrogen-bond donors (Lipinski definition) is 0. The quantitative estimate of drug-likeness (QED) is 0.372. The average Bonchev–Trinajstić information content (AvgIpc) is 2.58. The standard InChI is InChI=1S/C20H13F3/c1-2-13-14-8-6-11-4-3-5-12-7-9-15(18(14)17(11)12)16(10-21)19(13)20(22)23/h2-9,20H,1,10H2. The van der Waals surface area contributed by atoms with Crippen LogP contribution in [0.1, 0.15) is 23.1 Å². The topological polar surface area (TPSA) is 0 Å². The molecule has 3 heteroatoms. The summed E-state index contributed by atoms with van der Waals surface area (Å²) in [6, 6.07) is 13.3. The molecule has 4 rings (SSSR count). The second kappa shape index (κ2) is 4.98. The Hall–Kier alpha value is -2.55. The summed E-state index contributed by atoms with van der Waals surface area (Å²) in [5, 5.41) is 5.13. The van der Waals surface area contributed by atoms with Crippen LogP contribution in [0.4, 0.5) is 13.2 Å². The predicted octanol–water partition coefficient (Wildman–Crippen LogP) is 6.63. The molecule has 0 fully saturated rings. The summed E-state index contributed by atoms with van der Waals surface area (Å²) in [6.07, 6.45) is -1.33. The maximum absolute atomic E-state index is 13.7. The summed E-state index contributed by atoms with van der Waals surface area (Å²) in [5.74, 6) is 0. The van der Waals surface area contributed by atoms with Crippen LogP contribution in [0.15, 0.2) is 49.0 Å². The molecular weight excluding hydrogens is 297 g/mol. The van der Waals surface area contributed by atoms with E-state index in [2.05, 4.69) is 6.58 Å². The van der Waals surface area contributed by atoms with Crippen molar-refractivity contribution >= 4 is 38.4 Å². The normalized spacial score (nSPS) is 12.0. The van der Waals surface area contributed by atoms with E-state index in [0.29, 0.717) is 16.3 Å². The Balaban J connectivity index is 2.38. The number of alkyl halides is 3. The molecule has 0 aliphatic rings. The highest BCUT2D eigenvalue weighted by atomic mass is 19.3. The summed E-state index contributed by atoms with van der Waals surface area (Å²) in [5.41, 5.74) is 0.160. The monoisotopic (exact) mass is 310 g/mol. The molecule has 0 N–H and O–H groups in total. The van der Waals surface area contributed by atoms with Crippen molar-refractivity contribution in [3.05, 3.63) is 65.7 Å². The average molecular weight is 310 g/mol. The minimum Gasteiger partial charge on any atom is -0.246 e. The van der Waals surface area contributed by atoms with E-state index >= 15 is 0 Å². The Morgan fingerprint density at radius 1 is 0.913 bits per heavy atom. The molecule has 0 amide bonds. The molecule has 4 aromatic rings. The second-order valence-corrected chi connectivity index (χ2v) is 5.62. The molecule has 0 saturated heterocycles. The van der Waals surface area contributed by atoms with Gasteiger partial charge in [-0.1, -0.05) is 55.1 Å². The molecule has 114 valence electrons. The minimum absolute atomic E-state index is 0.0700. The minimum atomic E-state index is -2.74. The van der Waals surface area contributed by atoms with Gasteiger partial charge in [0.1, 0.15) is 6.67 Å². The van der Waals surface area contributed by atoms with Gasteiger partial charge >= 0.3 is 0 Å². The van der Waals surface area contributed by atoms with Gasteiger partial charge in [0.25, 0.3) is 6.43 Å². The van der Waals surface area contributed by atoms with Crippen LogP contribution in [0.25, 0.3) is 38.4 Å². The molecule has 0 radical (unpaired) electrons. The third-order valence-electron chi connectivity index (χ3n) is 4.56. The largest absolute Gasteiger partial charge is 0.264 e. The van der Waals surface area contributed by atoms with E-state index < -0.39 is 13.1 Å². The molecule has 0 nitrogen and oxygen atoms in total. The van der Waals surface area contributed by atoms with Crippen LogP contribution in [0.5, 0.6) is 0 Å². The molecule has 0 saturated carbocycles. The first-order chi connectivity index (χ1) is 11.2. The van der Waals surface area contributed by atoms with E-state index in [9.17, 15) is 13.2 Å². The van der Waals surface area contributed by atoms with E-state index in [0.717, 1.165) is 21.5 Å². The number of rotatable bonds is 3. The summed E-state index contributed by atoms with van der Waals surface area (Å²) in [7, 11) is 0. The Kier molecular flexibility index (Phi) is 3.05. The highest BCUT2D eigenvalue weighted by Crippen LogP contribution is 2.43. The van der Waals surface area contributed by atoms with E-state index in [1.54, 1.807) is 6.07 Å². The first kappa shape index (κ1) is 14.1. The summed E-state index contributed by atoms with van der Waals surface area (Å²) in [6.45, 7) is 2.75. The Labute approximate surface area is 131 Å². The number of halogens is 3. The lowest BCUT2D eigenvalue weighted by molar-refractivity contribution is 0.149. The maximum atomic E-state index is 13.7. The zero-order valence-electron chi connectivity index (χ0n) is 12.2. The first-order valence-electron chi connectivity index (χ1n) is 7.36. The lowest BCUT2D eigenvalue weighted by Gasteiger charge is -2.19. The van der Waals surface area contributed by atoms with E-state index in [1.807, 2.05) is 36.4 Å². The smallest absolute Gasteiger partial charge is 0.246 e. The molecule has 0 heterocycles. The van der Waals surface area contributed by atoms with Crippen molar-refractivity contribution in [2.45, 2.75) is 13.1 Å². The Morgan fingerprint density at radius 2 is 1.57 bits per heavy atom. The van der Waals surface area contributed by atoms with Crippen LogP contribution in [-0.2, 0) is 6.67 Å².